The maximum atomic E-state index is 12.9. The van der Waals surface area contributed by atoms with Crippen molar-refractivity contribution in [2.45, 2.75) is 6.18 Å². The fraction of sp³-hybridized carbons (Fsp3) is 0.100. The van der Waals surface area contributed by atoms with E-state index in [0.717, 1.165) is 5.56 Å². The minimum absolute atomic E-state index is 0.145. The van der Waals surface area contributed by atoms with Gasteiger partial charge in [0.15, 0.2) is 6.61 Å². The van der Waals surface area contributed by atoms with Crippen molar-refractivity contribution in [3.05, 3.63) is 72.8 Å². The Labute approximate surface area is 173 Å². The molecule has 2 N–H and O–H groups in total. The number of ether oxygens (including phenoxy) is 1. The van der Waals surface area contributed by atoms with Gasteiger partial charge in [-0.05, 0) is 48.5 Å². The summed E-state index contributed by atoms with van der Waals surface area (Å²) in [5.74, 6) is -2.42. The van der Waals surface area contributed by atoms with Crippen LogP contribution in [0.25, 0.3) is 11.3 Å². The topological polar surface area (TPSA) is 101 Å². The Morgan fingerprint density at radius 3 is 2.19 bits per heavy atom. The second-order valence-electron chi connectivity index (χ2n) is 5.74. The second-order valence-corrected chi connectivity index (χ2v) is 5.74. The standard InChI is InChI=1S/C18H14FN3O2.C2HF3O2/c19-14-6-4-13(5-7-14)16-9-8-15(11-21-16)24-12-18(23)22-17-3-1-2-10-20-17;3-2(4,5)1(6)7/h1-11H,12H2,(H,20,22,23);(H,6,7). The van der Waals surface area contributed by atoms with Crippen molar-refractivity contribution in [1.82, 2.24) is 9.97 Å². The third-order valence-electron chi connectivity index (χ3n) is 3.42. The summed E-state index contributed by atoms with van der Waals surface area (Å²) in [6.07, 6.45) is -1.97. The number of anilines is 1. The summed E-state index contributed by atoms with van der Waals surface area (Å²) < 4.78 is 50.0. The first-order valence-corrected chi connectivity index (χ1v) is 8.51. The molecule has 0 saturated carbocycles. The number of hydrogen-bond acceptors (Lipinski definition) is 5. The van der Waals surface area contributed by atoms with Crippen LogP contribution in [0.1, 0.15) is 0 Å². The molecular weight excluding hydrogens is 422 g/mol. The summed E-state index contributed by atoms with van der Waals surface area (Å²) in [4.78, 5) is 28.9. The third-order valence-corrected chi connectivity index (χ3v) is 3.42. The van der Waals surface area contributed by atoms with Crippen molar-refractivity contribution in [3.8, 4) is 17.0 Å². The number of carboxylic acids is 1. The van der Waals surface area contributed by atoms with E-state index in [0.29, 0.717) is 17.3 Å². The number of carbonyl (C=O) groups is 2. The van der Waals surface area contributed by atoms with E-state index < -0.39 is 12.1 Å². The molecule has 0 aliphatic rings. The Morgan fingerprint density at radius 2 is 1.68 bits per heavy atom. The van der Waals surface area contributed by atoms with Crippen molar-refractivity contribution >= 4 is 17.7 Å². The number of rotatable bonds is 5. The van der Waals surface area contributed by atoms with Crippen LogP contribution in [0, 0.1) is 5.82 Å². The molecule has 162 valence electrons. The van der Waals surface area contributed by atoms with Crippen LogP contribution in [0.2, 0.25) is 0 Å². The predicted molar refractivity (Wildman–Crippen MR) is 102 cm³/mol. The van der Waals surface area contributed by atoms with Gasteiger partial charge in [0.05, 0.1) is 11.9 Å². The normalized spacial score (nSPS) is 10.5. The van der Waals surface area contributed by atoms with Crippen LogP contribution >= 0.6 is 0 Å². The zero-order valence-corrected chi connectivity index (χ0v) is 15.6. The van der Waals surface area contributed by atoms with Crippen LogP contribution in [0.3, 0.4) is 0 Å². The van der Waals surface area contributed by atoms with Gasteiger partial charge in [0.1, 0.15) is 17.4 Å². The first-order chi connectivity index (χ1) is 14.6. The first kappa shape index (κ1) is 23.3. The third kappa shape index (κ3) is 8.09. The monoisotopic (exact) mass is 437 g/mol. The lowest BCUT2D eigenvalue weighted by Gasteiger charge is -2.07. The summed E-state index contributed by atoms with van der Waals surface area (Å²) in [6.45, 7) is -0.145. The van der Waals surface area contributed by atoms with Crippen LogP contribution in [0.4, 0.5) is 23.4 Å². The first-order valence-electron chi connectivity index (χ1n) is 8.51. The van der Waals surface area contributed by atoms with Gasteiger partial charge in [-0.15, -0.1) is 0 Å². The van der Waals surface area contributed by atoms with E-state index in [-0.39, 0.29) is 18.3 Å². The largest absolute Gasteiger partial charge is 0.490 e. The maximum Gasteiger partial charge on any atom is 0.490 e. The minimum atomic E-state index is -5.08. The molecule has 11 heteroatoms. The van der Waals surface area contributed by atoms with Gasteiger partial charge in [-0.2, -0.15) is 13.2 Å². The number of nitrogens with one attached hydrogen (secondary N) is 1. The molecule has 0 bridgehead atoms. The molecular formula is C20H15F4N3O4. The lowest BCUT2D eigenvalue weighted by molar-refractivity contribution is -0.192. The highest BCUT2D eigenvalue weighted by Gasteiger charge is 2.38. The highest BCUT2D eigenvalue weighted by atomic mass is 19.4. The molecule has 3 aromatic rings. The molecule has 2 aromatic heterocycles. The number of aliphatic carboxylic acids is 1. The van der Waals surface area contributed by atoms with E-state index in [9.17, 15) is 22.4 Å². The average molecular weight is 437 g/mol. The fourth-order valence-corrected chi connectivity index (χ4v) is 2.02. The van der Waals surface area contributed by atoms with Gasteiger partial charge < -0.3 is 15.2 Å². The molecule has 31 heavy (non-hydrogen) atoms. The Balaban J connectivity index is 0.000000423. The number of hydrogen-bond donors (Lipinski definition) is 2. The summed E-state index contributed by atoms with van der Waals surface area (Å²) in [7, 11) is 0. The molecule has 0 saturated heterocycles. The maximum absolute atomic E-state index is 12.9. The number of pyridine rings is 2. The number of nitrogens with zero attached hydrogens (tertiary/aromatic N) is 2. The van der Waals surface area contributed by atoms with E-state index in [1.165, 1.54) is 18.3 Å². The summed E-state index contributed by atoms with van der Waals surface area (Å²) >= 11 is 0. The predicted octanol–water partition coefficient (Wildman–Crippen LogP) is 3.93. The number of carbonyl (C=O) groups excluding carboxylic acids is 1. The molecule has 0 atom stereocenters. The Bertz CT molecular complexity index is 996. The van der Waals surface area contributed by atoms with Gasteiger partial charge in [-0.3, -0.25) is 9.78 Å². The Kier molecular flexibility index (Phi) is 8.01. The highest BCUT2D eigenvalue weighted by Crippen LogP contribution is 2.19. The Morgan fingerprint density at radius 1 is 1.00 bits per heavy atom. The second kappa shape index (κ2) is 10.7. The number of aromatic nitrogens is 2. The van der Waals surface area contributed by atoms with Crippen LogP contribution in [0.5, 0.6) is 5.75 Å². The van der Waals surface area contributed by atoms with Crippen LogP contribution in [-0.4, -0.2) is 39.7 Å². The van der Waals surface area contributed by atoms with Crippen LogP contribution in [0.15, 0.2) is 67.0 Å². The highest BCUT2D eigenvalue weighted by molar-refractivity contribution is 5.90. The number of amides is 1. The van der Waals surface area contributed by atoms with E-state index >= 15 is 0 Å². The minimum Gasteiger partial charge on any atom is -0.482 e. The quantitative estimate of drug-likeness (QED) is 0.587. The van der Waals surface area contributed by atoms with Crippen molar-refractivity contribution in [2.75, 3.05) is 11.9 Å². The fourth-order valence-electron chi connectivity index (χ4n) is 2.02. The lowest BCUT2D eigenvalue weighted by atomic mass is 10.1. The van der Waals surface area contributed by atoms with Crippen molar-refractivity contribution in [2.24, 2.45) is 0 Å². The molecule has 1 amide bonds. The van der Waals surface area contributed by atoms with Gasteiger partial charge in [-0.1, -0.05) is 6.07 Å². The summed E-state index contributed by atoms with van der Waals surface area (Å²) in [5, 5.41) is 9.75. The molecule has 0 aliphatic carbocycles. The van der Waals surface area contributed by atoms with Gasteiger partial charge >= 0.3 is 12.1 Å². The van der Waals surface area contributed by atoms with Crippen LogP contribution in [-0.2, 0) is 9.59 Å². The van der Waals surface area contributed by atoms with E-state index in [2.05, 4.69) is 15.3 Å². The molecule has 0 fully saturated rings. The van der Waals surface area contributed by atoms with Gasteiger partial charge in [-0.25, -0.2) is 14.2 Å². The molecule has 0 spiro atoms. The zero-order valence-electron chi connectivity index (χ0n) is 15.6. The van der Waals surface area contributed by atoms with Crippen LogP contribution < -0.4 is 10.1 Å². The Hall–Kier alpha value is -4.02. The number of carboxylic acid groups (broad SMARTS) is 1. The van der Waals surface area contributed by atoms with E-state index in [1.807, 2.05) is 0 Å². The lowest BCUT2D eigenvalue weighted by Crippen LogP contribution is -2.21. The molecule has 0 unspecified atom stereocenters. The van der Waals surface area contributed by atoms with E-state index in [4.69, 9.17) is 14.6 Å². The number of halogens is 4. The average Bonchev–Trinajstić information content (AvgIpc) is 2.74. The smallest absolute Gasteiger partial charge is 0.482 e. The summed E-state index contributed by atoms with van der Waals surface area (Å²) in [5.41, 5.74) is 1.50. The van der Waals surface area contributed by atoms with Crippen molar-refractivity contribution < 1.29 is 37.0 Å². The van der Waals surface area contributed by atoms with Gasteiger partial charge in [0.25, 0.3) is 5.91 Å². The van der Waals surface area contributed by atoms with Gasteiger partial charge in [0, 0.05) is 11.8 Å². The molecule has 7 nitrogen and oxygen atoms in total. The number of alkyl halides is 3. The van der Waals surface area contributed by atoms with E-state index in [1.54, 1.807) is 48.7 Å². The van der Waals surface area contributed by atoms with Crippen molar-refractivity contribution in [1.29, 1.82) is 0 Å². The zero-order chi connectivity index (χ0) is 22.9. The number of benzene rings is 1. The SMILES string of the molecule is O=C(COc1ccc(-c2ccc(F)cc2)nc1)Nc1ccccn1.O=C(O)C(F)(F)F. The molecule has 0 radical (unpaired) electrons. The molecule has 3 rings (SSSR count). The van der Waals surface area contributed by atoms with Crippen molar-refractivity contribution in [3.63, 3.8) is 0 Å². The molecule has 0 aliphatic heterocycles. The molecule has 1 aromatic carbocycles. The molecule has 2 heterocycles. The van der Waals surface area contributed by atoms with Gasteiger partial charge in [0.2, 0.25) is 0 Å². The summed E-state index contributed by atoms with van der Waals surface area (Å²) in [6, 6.07) is 14.8.